The molecule has 479 valence electrons. The monoisotopic (exact) mass is 1500 g/mol. The molecule has 0 bridgehead atoms. The molecule has 12 aromatic carbocycles. The molecule has 16 aromatic rings. The fourth-order valence-electron chi connectivity index (χ4n) is 13.9. The first-order valence-corrected chi connectivity index (χ1v) is 34.6. The number of aromatic nitrogens is 4. The van der Waals surface area contributed by atoms with E-state index in [2.05, 4.69) is 349 Å². The number of hydrogen-bond donors (Lipinski definition) is 0. The Bertz CT molecular complexity index is 5240. The van der Waals surface area contributed by atoms with E-state index in [1.165, 1.54) is 72.0 Å². The number of rotatable bonds is 13. The zero-order chi connectivity index (χ0) is 67.1. The molecule has 3 radical (unpaired) electrons. The van der Waals surface area contributed by atoms with E-state index in [0.717, 1.165) is 83.8 Å². The zero-order valence-electron chi connectivity index (χ0n) is 55.5. The molecule has 17 rings (SSSR count). The van der Waals surface area contributed by atoms with Crippen LogP contribution >= 0.6 is 8.46 Å². The van der Waals surface area contributed by atoms with Crippen molar-refractivity contribution >= 4 is 81.1 Å². The van der Waals surface area contributed by atoms with Gasteiger partial charge in [0.2, 0.25) is 0 Å². The van der Waals surface area contributed by atoms with Crippen molar-refractivity contribution in [1.29, 1.82) is 0 Å². The molecule has 0 spiro atoms. The molecule has 1 atom stereocenters. The minimum atomic E-state index is -0.375. The predicted molar refractivity (Wildman–Crippen MR) is 425 cm³/mol. The molecular weight excluding hydrogens is 1430 g/mol. The number of pyridine rings is 3. The number of benzene rings is 12. The third kappa shape index (κ3) is 13.8. The Kier molecular flexibility index (Phi) is 19.9. The van der Waals surface area contributed by atoms with E-state index in [1.54, 1.807) is 0 Å². The van der Waals surface area contributed by atoms with Gasteiger partial charge in [-0.15, -0.1) is 8.46 Å². The quantitative estimate of drug-likeness (QED) is 0.0853. The number of hydrogen-bond acceptors (Lipinski definition) is 4. The number of anilines is 3. The summed E-state index contributed by atoms with van der Waals surface area (Å²) in [6.45, 7) is 4.70. The van der Waals surface area contributed by atoms with E-state index in [0.29, 0.717) is 0 Å². The Morgan fingerprint density at radius 1 is 0.330 bits per heavy atom. The number of para-hydroxylation sites is 2. The summed E-state index contributed by atoms with van der Waals surface area (Å²) < 4.78 is 13.0. The van der Waals surface area contributed by atoms with Gasteiger partial charge in [0.25, 0.3) is 0 Å². The summed E-state index contributed by atoms with van der Waals surface area (Å²) in [6, 6.07) is 116. The summed E-state index contributed by atoms with van der Waals surface area (Å²) >= 11 is 0. The standard InChI is InChI=1S/C51H38N2.C39H27N3.CH3BFP.Bi.2H/c1-51(2)47-19-11-9-17-43(47)44-31-30-42(34-48(44)51)52(40-26-21-36(22-27-40)35-13-5-3-6-14-35)41-28-23-37(24-29-41)38-25-32-50-46(33-38)45-18-10-12-20-49(45)53(50)39-15-7-4-8-16-39;1-7-28(34-13-4-16-40-25-34)19-31(10-1)37-22-38(32-11-2-8-29(20-32)35-14-5-17-41-26-35)24-39(23-37)33-12-3-9-30(21-33)36-15-6-18-42-27-36;2-4-1-3;;;/h3-34H,1-2H3;1-27H;4H,1H2;;;. The average molecular weight is 1500 g/mol. The number of alkyl halides is 1. The summed E-state index contributed by atoms with van der Waals surface area (Å²) in [5, 5.41) is 2.52. The second kappa shape index (κ2) is 30.0. The van der Waals surface area contributed by atoms with Crippen LogP contribution in [0.25, 0.3) is 128 Å². The molecule has 4 heterocycles. The third-order valence-electron chi connectivity index (χ3n) is 18.8. The van der Waals surface area contributed by atoms with Crippen molar-refractivity contribution in [2.24, 2.45) is 0 Å². The maximum Gasteiger partial charge on any atom is 0.0346 e. The molecule has 0 amide bonds. The number of nitrogens with zero attached hydrogens (tertiary/aromatic N) is 5. The molecule has 100 heavy (non-hydrogen) atoms. The maximum absolute atomic E-state index is 10.6. The van der Waals surface area contributed by atoms with Crippen LogP contribution in [0.5, 0.6) is 0 Å². The summed E-state index contributed by atoms with van der Waals surface area (Å²) in [6.07, 6.45) is 10.8. The van der Waals surface area contributed by atoms with Crippen molar-refractivity contribution in [3.05, 3.63) is 370 Å². The van der Waals surface area contributed by atoms with Gasteiger partial charge in [0, 0.05) is 92.8 Å². The Labute approximate surface area is 606 Å². The SMILES string of the molecule is CC1(C)c2ccccc2-c2ccc(N(c3ccc(-c4ccccc4)cc3)c3ccc(-c4ccc5c(c4)c4ccccc4n5-c4ccccc4)cc3)cc21.[B]PCF.[BiH2].c1cncc(-c2cccc(-c3cc(-c4cccc(-c5cccnc5)c4)cc(-c4cccc(-c5cccnc5)c4)c3)c2)c1. The molecule has 0 fully saturated rings. The van der Waals surface area contributed by atoms with Gasteiger partial charge in [-0.25, -0.2) is 4.39 Å². The normalized spacial score (nSPS) is 11.8. The smallest absolute Gasteiger partial charge is 0.0346 e. The molecule has 0 saturated carbocycles. The van der Waals surface area contributed by atoms with E-state index in [1.807, 2.05) is 55.4 Å². The van der Waals surface area contributed by atoms with Gasteiger partial charge in [-0.05, 0) is 216 Å². The van der Waals surface area contributed by atoms with E-state index in [-0.39, 0.29) is 46.5 Å². The third-order valence-corrected chi connectivity index (χ3v) is 18.9. The van der Waals surface area contributed by atoms with Crippen LogP contribution in [-0.4, -0.2) is 59.7 Å². The molecule has 1 unspecified atom stereocenters. The molecular formula is C91H70BBiFN5P. The Morgan fingerprint density at radius 2 is 0.700 bits per heavy atom. The summed E-state index contributed by atoms with van der Waals surface area (Å²) in [7, 11) is 4.65. The van der Waals surface area contributed by atoms with E-state index < -0.39 is 0 Å². The summed E-state index contributed by atoms with van der Waals surface area (Å²) in [4.78, 5) is 15.4. The van der Waals surface area contributed by atoms with Crippen molar-refractivity contribution in [2.75, 3.05) is 11.3 Å². The molecule has 0 N–H and O–H groups in total. The van der Waals surface area contributed by atoms with Crippen LogP contribution in [0.2, 0.25) is 0 Å². The Hall–Kier alpha value is -11.0. The van der Waals surface area contributed by atoms with Gasteiger partial charge in [0.1, 0.15) is 7.57 Å². The first-order valence-electron chi connectivity index (χ1n) is 33.3. The topological polar surface area (TPSA) is 46.8 Å². The largest absolute Gasteiger partial charge is 0.264 e. The van der Waals surface area contributed by atoms with Crippen LogP contribution in [-0.2, 0) is 5.41 Å². The van der Waals surface area contributed by atoms with Gasteiger partial charge in [-0.3, -0.25) is 15.0 Å². The fraction of sp³-hybridized carbons (Fsp3) is 0.0440. The Balaban J connectivity index is 0.000000164. The molecule has 9 heteroatoms. The van der Waals surface area contributed by atoms with Crippen LogP contribution in [0.15, 0.2) is 359 Å². The summed E-state index contributed by atoms with van der Waals surface area (Å²) in [5.41, 5.74) is 30.8. The zero-order valence-corrected chi connectivity index (χ0v) is 61.0. The van der Waals surface area contributed by atoms with Crippen LogP contribution in [0.1, 0.15) is 25.0 Å². The first kappa shape index (κ1) is 66.2. The van der Waals surface area contributed by atoms with Gasteiger partial charge in [0.05, 0.1) is 17.4 Å². The first-order chi connectivity index (χ1) is 48.8. The molecule has 0 saturated heterocycles. The van der Waals surface area contributed by atoms with Crippen molar-refractivity contribution < 1.29 is 4.39 Å². The maximum atomic E-state index is 10.6. The minimum absolute atomic E-state index is 0. The van der Waals surface area contributed by atoms with Gasteiger partial charge in [0.15, 0.2) is 0 Å². The number of fused-ring (bicyclic) bond motifs is 6. The van der Waals surface area contributed by atoms with Crippen LogP contribution < -0.4 is 4.90 Å². The second-order valence-corrected chi connectivity index (χ2v) is 25.9. The molecule has 1 aliphatic rings. The van der Waals surface area contributed by atoms with Crippen LogP contribution in [0.4, 0.5) is 21.5 Å². The van der Waals surface area contributed by atoms with Gasteiger partial charge in [-0.1, -0.05) is 214 Å². The second-order valence-electron chi connectivity index (χ2n) is 25.2. The van der Waals surface area contributed by atoms with Gasteiger partial charge in [-0.2, -0.15) is 0 Å². The van der Waals surface area contributed by atoms with Crippen molar-refractivity contribution in [1.82, 2.24) is 19.5 Å². The van der Waals surface area contributed by atoms with Gasteiger partial charge < -0.3 is 9.47 Å². The molecule has 1 aliphatic carbocycles. The summed E-state index contributed by atoms with van der Waals surface area (Å²) in [5.74, 6) is 0. The van der Waals surface area contributed by atoms with E-state index in [4.69, 9.17) is 0 Å². The van der Waals surface area contributed by atoms with Crippen LogP contribution in [0.3, 0.4) is 0 Å². The predicted octanol–water partition coefficient (Wildman–Crippen LogP) is 23.5. The molecule has 5 nitrogen and oxygen atoms in total. The molecule has 4 aromatic heterocycles. The minimum Gasteiger partial charge on any atom is -0.264 e. The molecule has 0 aliphatic heterocycles. The van der Waals surface area contributed by atoms with E-state index in [9.17, 15) is 4.39 Å². The van der Waals surface area contributed by atoms with E-state index >= 15 is 0 Å². The van der Waals surface area contributed by atoms with Gasteiger partial charge >= 0.3 is 26.2 Å². The average Bonchev–Trinajstić information content (AvgIpc) is 1.57. The fourth-order valence-corrected chi connectivity index (χ4v) is 13.9. The van der Waals surface area contributed by atoms with Crippen molar-refractivity contribution in [3.8, 4) is 106 Å². The Morgan fingerprint density at radius 3 is 1.20 bits per heavy atom. The van der Waals surface area contributed by atoms with Crippen molar-refractivity contribution in [3.63, 3.8) is 0 Å². The van der Waals surface area contributed by atoms with Crippen LogP contribution in [0, 0.1) is 0 Å². The van der Waals surface area contributed by atoms with Crippen molar-refractivity contribution in [2.45, 2.75) is 19.3 Å². The number of halogens is 1.